The third kappa shape index (κ3) is 3.43. The molecule has 7 nitrogen and oxygen atoms in total. The molecular formula is C20H22N4O3. The van der Waals surface area contributed by atoms with Crippen molar-refractivity contribution in [2.45, 2.75) is 31.9 Å². The van der Waals surface area contributed by atoms with Crippen LogP contribution in [-0.2, 0) is 12.1 Å². The largest absolute Gasteiger partial charge is 0.477 e. The van der Waals surface area contributed by atoms with Crippen molar-refractivity contribution in [2.24, 2.45) is 0 Å². The SMILES string of the molecule is Cc1ccc2cc(C3(O)CCN(Cc4cn[nH]c4C(=O)O)CC3)ccc2n1. The van der Waals surface area contributed by atoms with Crippen molar-refractivity contribution in [3.05, 3.63) is 59.0 Å². The fraction of sp³-hybridized carbons (Fsp3) is 0.350. The van der Waals surface area contributed by atoms with E-state index in [1.54, 1.807) is 6.20 Å². The fourth-order valence-corrected chi connectivity index (χ4v) is 3.74. The second kappa shape index (κ2) is 6.75. The topological polar surface area (TPSA) is 102 Å². The molecule has 0 atom stereocenters. The smallest absolute Gasteiger partial charge is 0.354 e. The van der Waals surface area contributed by atoms with Gasteiger partial charge in [0, 0.05) is 36.3 Å². The number of carboxylic acids is 1. The van der Waals surface area contributed by atoms with Crippen LogP contribution in [0.4, 0.5) is 0 Å². The van der Waals surface area contributed by atoms with Gasteiger partial charge in [-0.3, -0.25) is 15.0 Å². The van der Waals surface area contributed by atoms with E-state index in [4.69, 9.17) is 0 Å². The summed E-state index contributed by atoms with van der Waals surface area (Å²) >= 11 is 0. The maximum absolute atomic E-state index is 11.2. The van der Waals surface area contributed by atoms with E-state index in [9.17, 15) is 15.0 Å². The molecule has 0 saturated carbocycles. The Labute approximate surface area is 156 Å². The van der Waals surface area contributed by atoms with Crippen molar-refractivity contribution in [3.63, 3.8) is 0 Å². The highest BCUT2D eigenvalue weighted by Gasteiger charge is 2.34. The summed E-state index contributed by atoms with van der Waals surface area (Å²) in [4.78, 5) is 17.9. The average Bonchev–Trinajstić information content (AvgIpc) is 3.12. The summed E-state index contributed by atoms with van der Waals surface area (Å²) < 4.78 is 0. The normalized spacial score (nSPS) is 17.3. The van der Waals surface area contributed by atoms with Crippen LogP contribution in [0.2, 0.25) is 0 Å². The standard InChI is InChI=1S/C20H22N4O3/c1-13-2-3-14-10-16(4-5-17(14)22-13)20(27)6-8-24(9-7-20)12-15-11-21-23-18(15)19(25)26/h2-5,10-11,27H,6-9,12H2,1H3,(H,21,23)(H,25,26). The highest BCUT2D eigenvalue weighted by molar-refractivity contribution is 5.86. The summed E-state index contributed by atoms with van der Waals surface area (Å²) in [6.07, 6.45) is 2.75. The van der Waals surface area contributed by atoms with E-state index < -0.39 is 11.6 Å². The van der Waals surface area contributed by atoms with Crippen LogP contribution in [0.5, 0.6) is 0 Å². The summed E-state index contributed by atoms with van der Waals surface area (Å²) in [5.41, 5.74) is 2.74. The zero-order valence-corrected chi connectivity index (χ0v) is 15.1. The Hall–Kier alpha value is -2.77. The van der Waals surface area contributed by atoms with Crippen molar-refractivity contribution in [3.8, 4) is 0 Å². The molecule has 0 radical (unpaired) electrons. The van der Waals surface area contributed by atoms with E-state index in [0.29, 0.717) is 38.0 Å². The first-order valence-corrected chi connectivity index (χ1v) is 9.03. The number of hydrogen-bond donors (Lipinski definition) is 3. The van der Waals surface area contributed by atoms with Crippen molar-refractivity contribution in [1.29, 1.82) is 0 Å². The number of carbonyl (C=O) groups is 1. The molecule has 4 rings (SSSR count). The highest BCUT2D eigenvalue weighted by Crippen LogP contribution is 2.34. The number of nitrogens with one attached hydrogen (secondary N) is 1. The summed E-state index contributed by atoms with van der Waals surface area (Å²) in [7, 11) is 0. The molecule has 1 fully saturated rings. The van der Waals surface area contributed by atoms with Crippen LogP contribution < -0.4 is 0 Å². The van der Waals surface area contributed by atoms with Crippen LogP contribution in [0.1, 0.15) is 40.2 Å². The number of carboxylic acid groups (broad SMARTS) is 1. The lowest BCUT2D eigenvalue weighted by Crippen LogP contribution is -2.42. The van der Waals surface area contributed by atoms with Crippen LogP contribution >= 0.6 is 0 Å². The van der Waals surface area contributed by atoms with Crippen LogP contribution in [0, 0.1) is 6.92 Å². The zero-order valence-electron chi connectivity index (χ0n) is 15.1. The lowest BCUT2D eigenvalue weighted by atomic mass is 9.84. The first kappa shape index (κ1) is 17.6. The van der Waals surface area contributed by atoms with Crippen molar-refractivity contribution >= 4 is 16.9 Å². The number of rotatable bonds is 4. The molecule has 0 amide bonds. The molecule has 140 valence electrons. The van der Waals surface area contributed by atoms with E-state index >= 15 is 0 Å². The number of piperidine rings is 1. The zero-order chi connectivity index (χ0) is 19.0. The number of aliphatic hydroxyl groups is 1. The van der Waals surface area contributed by atoms with Crippen molar-refractivity contribution < 1.29 is 15.0 Å². The summed E-state index contributed by atoms with van der Waals surface area (Å²) in [6, 6.07) is 9.96. The average molecular weight is 366 g/mol. The summed E-state index contributed by atoms with van der Waals surface area (Å²) in [5, 5.41) is 27.8. The second-order valence-electron chi connectivity index (χ2n) is 7.24. The minimum absolute atomic E-state index is 0.133. The predicted octanol–water partition coefficient (Wildman–Crippen LogP) is 2.45. The van der Waals surface area contributed by atoms with Gasteiger partial charge in [0.05, 0.1) is 17.3 Å². The van der Waals surface area contributed by atoms with Gasteiger partial charge in [0.1, 0.15) is 5.69 Å². The van der Waals surface area contributed by atoms with Gasteiger partial charge in [-0.1, -0.05) is 12.1 Å². The summed E-state index contributed by atoms with van der Waals surface area (Å²) in [5.74, 6) is -1.00. The van der Waals surface area contributed by atoms with Crippen molar-refractivity contribution in [1.82, 2.24) is 20.1 Å². The molecule has 1 aromatic carbocycles. The number of aromatic carboxylic acids is 1. The predicted molar refractivity (Wildman–Crippen MR) is 100 cm³/mol. The minimum Gasteiger partial charge on any atom is -0.477 e. The van der Waals surface area contributed by atoms with Gasteiger partial charge in [-0.25, -0.2) is 4.79 Å². The molecule has 1 aliphatic rings. The Bertz CT molecular complexity index is 990. The fourth-order valence-electron chi connectivity index (χ4n) is 3.74. The number of benzene rings is 1. The van der Waals surface area contributed by atoms with Gasteiger partial charge in [-0.05, 0) is 43.5 Å². The molecule has 0 unspecified atom stereocenters. The van der Waals surface area contributed by atoms with Gasteiger partial charge in [-0.15, -0.1) is 0 Å². The Kier molecular flexibility index (Phi) is 4.41. The lowest BCUT2D eigenvalue weighted by molar-refractivity contribution is -0.0277. The van der Waals surface area contributed by atoms with Crippen LogP contribution in [-0.4, -0.2) is 49.4 Å². The molecule has 3 aromatic rings. The number of aromatic nitrogens is 3. The molecule has 27 heavy (non-hydrogen) atoms. The Morgan fingerprint density at radius 1 is 1.26 bits per heavy atom. The first-order valence-electron chi connectivity index (χ1n) is 9.03. The molecule has 3 heterocycles. The Morgan fingerprint density at radius 3 is 2.78 bits per heavy atom. The molecular weight excluding hydrogens is 344 g/mol. The third-order valence-electron chi connectivity index (χ3n) is 5.37. The molecule has 1 saturated heterocycles. The maximum atomic E-state index is 11.2. The minimum atomic E-state index is -1.00. The second-order valence-corrected chi connectivity index (χ2v) is 7.24. The van der Waals surface area contributed by atoms with Gasteiger partial charge in [-0.2, -0.15) is 5.10 Å². The number of pyridine rings is 1. The van der Waals surface area contributed by atoms with Gasteiger partial charge in [0.25, 0.3) is 0 Å². The summed E-state index contributed by atoms with van der Waals surface area (Å²) in [6.45, 7) is 3.84. The van der Waals surface area contributed by atoms with Gasteiger partial charge < -0.3 is 10.2 Å². The molecule has 0 bridgehead atoms. The van der Waals surface area contributed by atoms with E-state index in [2.05, 4.69) is 20.1 Å². The van der Waals surface area contributed by atoms with Crippen LogP contribution in [0.15, 0.2) is 36.5 Å². The maximum Gasteiger partial charge on any atom is 0.354 e. The van der Waals surface area contributed by atoms with Crippen LogP contribution in [0.3, 0.4) is 0 Å². The van der Waals surface area contributed by atoms with E-state index in [-0.39, 0.29) is 5.69 Å². The third-order valence-corrected chi connectivity index (χ3v) is 5.37. The first-order chi connectivity index (χ1) is 12.9. The molecule has 0 aliphatic carbocycles. The number of hydrogen-bond acceptors (Lipinski definition) is 5. The van der Waals surface area contributed by atoms with E-state index in [1.165, 1.54) is 0 Å². The Balaban J connectivity index is 1.48. The number of likely N-dealkylation sites (tertiary alicyclic amines) is 1. The number of nitrogens with zero attached hydrogens (tertiary/aromatic N) is 3. The van der Waals surface area contributed by atoms with Gasteiger partial charge >= 0.3 is 5.97 Å². The highest BCUT2D eigenvalue weighted by atomic mass is 16.4. The monoisotopic (exact) mass is 366 g/mol. The van der Waals surface area contributed by atoms with Crippen LogP contribution in [0.25, 0.3) is 10.9 Å². The number of aromatic amines is 1. The lowest BCUT2D eigenvalue weighted by Gasteiger charge is -2.38. The molecule has 1 aliphatic heterocycles. The number of fused-ring (bicyclic) bond motifs is 1. The van der Waals surface area contributed by atoms with Gasteiger partial charge in [0.15, 0.2) is 0 Å². The van der Waals surface area contributed by atoms with Gasteiger partial charge in [0.2, 0.25) is 0 Å². The Morgan fingerprint density at radius 2 is 2.04 bits per heavy atom. The number of H-pyrrole nitrogens is 1. The quantitative estimate of drug-likeness (QED) is 0.655. The van der Waals surface area contributed by atoms with Crippen molar-refractivity contribution in [2.75, 3.05) is 13.1 Å². The molecule has 2 aromatic heterocycles. The van der Waals surface area contributed by atoms with E-state index in [1.807, 2.05) is 37.3 Å². The molecule has 7 heteroatoms. The molecule has 3 N–H and O–H groups in total. The molecule has 0 spiro atoms. The van der Waals surface area contributed by atoms with E-state index in [0.717, 1.165) is 22.2 Å². The number of aryl methyl sites for hydroxylation is 1.